The number of amidine groups is 1. The Labute approximate surface area is 175 Å². The first-order valence-corrected chi connectivity index (χ1v) is 10.8. The Bertz CT molecular complexity index is 984. The zero-order valence-electron chi connectivity index (χ0n) is 16.9. The fraction of sp³-hybridized carbons (Fsp3) is 0.364. The predicted molar refractivity (Wildman–Crippen MR) is 119 cm³/mol. The van der Waals surface area contributed by atoms with Gasteiger partial charge in [-0.3, -0.25) is 4.84 Å². The molecule has 0 bridgehead atoms. The number of anilines is 1. The number of nitrogens with zero attached hydrogens (tertiary/aromatic N) is 3. The molecule has 0 amide bonds. The molecular weight excluding hydrogens is 384 g/mol. The first-order valence-electron chi connectivity index (χ1n) is 9.98. The molecule has 6 nitrogen and oxygen atoms in total. The standard InChI is InChI=1S/C22H26N4O2S/c1-3-4-12-26(22-24-19-10-9-18(27-2)14-20(19)29-22)13-11-16-5-7-17(8-6-16)21-23-15-28-25-21/h5-10,14H,3-4,11-13,15H2,1-2H3,(H,23,25). The van der Waals surface area contributed by atoms with E-state index < -0.39 is 0 Å². The molecule has 1 aliphatic rings. The molecule has 3 aromatic rings. The third-order valence-electron chi connectivity index (χ3n) is 4.99. The topological polar surface area (TPSA) is 59.0 Å². The van der Waals surface area contributed by atoms with Crippen LogP contribution in [0.3, 0.4) is 0 Å². The Morgan fingerprint density at radius 3 is 2.76 bits per heavy atom. The van der Waals surface area contributed by atoms with E-state index in [-0.39, 0.29) is 0 Å². The van der Waals surface area contributed by atoms with Crippen molar-refractivity contribution < 1.29 is 9.57 Å². The number of thiazole rings is 1. The molecule has 0 fully saturated rings. The molecular formula is C22H26N4O2S. The summed E-state index contributed by atoms with van der Waals surface area (Å²) in [6, 6.07) is 14.6. The number of hydrogen-bond donors (Lipinski definition) is 1. The molecule has 0 spiro atoms. The Kier molecular flexibility index (Phi) is 6.27. The first kappa shape index (κ1) is 19.7. The normalized spacial score (nSPS) is 13.4. The van der Waals surface area contributed by atoms with Gasteiger partial charge in [-0.15, -0.1) is 0 Å². The van der Waals surface area contributed by atoms with Crippen molar-refractivity contribution in [2.75, 3.05) is 31.8 Å². The fourth-order valence-electron chi connectivity index (χ4n) is 3.28. The van der Waals surface area contributed by atoms with E-state index in [0.29, 0.717) is 6.73 Å². The van der Waals surface area contributed by atoms with E-state index in [1.807, 2.05) is 12.1 Å². The summed E-state index contributed by atoms with van der Waals surface area (Å²) in [5, 5.41) is 1.08. The second-order valence-corrected chi connectivity index (χ2v) is 8.01. The maximum atomic E-state index is 5.35. The summed E-state index contributed by atoms with van der Waals surface area (Å²) >= 11 is 1.74. The molecule has 152 valence electrons. The van der Waals surface area contributed by atoms with Crippen LogP contribution in [0.5, 0.6) is 5.75 Å². The molecule has 4 rings (SSSR count). The van der Waals surface area contributed by atoms with Crippen molar-refractivity contribution in [3.05, 3.63) is 53.6 Å². The van der Waals surface area contributed by atoms with Crippen LogP contribution >= 0.6 is 11.3 Å². The number of hydrogen-bond acceptors (Lipinski definition) is 7. The van der Waals surface area contributed by atoms with Crippen LogP contribution in [-0.4, -0.2) is 37.7 Å². The maximum Gasteiger partial charge on any atom is 0.186 e. The van der Waals surface area contributed by atoms with Gasteiger partial charge in [0.2, 0.25) is 0 Å². The second-order valence-electron chi connectivity index (χ2n) is 7.00. The molecule has 7 heteroatoms. The zero-order valence-corrected chi connectivity index (χ0v) is 17.7. The molecule has 0 saturated carbocycles. The quantitative estimate of drug-likeness (QED) is 0.567. The van der Waals surface area contributed by atoms with Crippen LogP contribution in [0.2, 0.25) is 0 Å². The number of rotatable bonds is 9. The second kappa shape index (κ2) is 9.24. The molecule has 0 atom stereocenters. The molecule has 2 aromatic carbocycles. The van der Waals surface area contributed by atoms with Crippen molar-refractivity contribution in [2.45, 2.75) is 26.2 Å². The minimum atomic E-state index is 0.373. The third-order valence-corrected chi connectivity index (χ3v) is 6.07. The van der Waals surface area contributed by atoms with E-state index in [4.69, 9.17) is 14.6 Å². The lowest BCUT2D eigenvalue weighted by Crippen LogP contribution is -2.26. The van der Waals surface area contributed by atoms with Crippen LogP contribution in [0.15, 0.2) is 47.5 Å². The number of nitrogens with one attached hydrogen (secondary N) is 1. The molecule has 29 heavy (non-hydrogen) atoms. The molecule has 1 aromatic heterocycles. The molecule has 1 aliphatic heterocycles. The van der Waals surface area contributed by atoms with E-state index in [1.165, 1.54) is 12.0 Å². The highest BCUT2D eigenvalue weighted by atomic mass is 32.1. The van der Waals surface area contributed by atoms with Gasteiger partial charge >= 0.3 is 0 Å². The summed E-state index contributed by atoms with van der Waals surface area (Å²) in [4.78, 5) is 16.6. The molecule has 0 unspecified atom stereocenters. The zero-order chi connectivity index (χ0) is 20.1. The summed E-state index contributed by atoms with van der Waals surface area (Å²) in [7, 11) is 1.70. The van der Waals surface area contributed by atoms with Crippen LogP contribution in [0.4, 0.5) is 5.13 Å². The molecule has 2 heterocycles. The van der Waals surface area contributed by atoms with Crippen molar-refractivity contribution in [2.24, 2.45) is 4.99 Å². The number of benzene rings is 2. The van der Waals surface area contributed by atoms with E-state index in [2.05, 4.69) is 52.6 Å². The number of methoxy groups -OCH3 is 1. The monoisotopic (exact) mass is 410 g/mol. The lowest BCUT2D eigenvalue weighted by molar-refractivity contribution is 0.115. The van der Waals surface area contributed by atoms with Gasteiger partial charge < -0.3 is 9.64 Å². The highest BCUT2D eigenvalue weighted by molar-refractivity contribution is 7.22. The largest absolute Gasteiger partial charge is 0.497 e. The van der Waals surface area contributed by atoms with Crippen LogP contribution in [0, 0.1) is 0 Å². The van der Waals surface area contributed by atoms with Crippen LogP contribution in [0.1, 0.15) is 30.9 Å². The SMILES string of the molecule is CCCCN(CCc1ccc(C2=NCON2)cc1)c1nc2ccc(OC)cc2s1. The lowest BCUT2D eigenvalue weighted by atomic mass is 10.1. The average molecular weight is 411 g/mol. The Morgan fingerprint density at radius 1 is 1.17 bits per heavy atom. The van der Waals surface area contributed by atoms with Gasteiger partial charge in [-0.25, -0.2) is 15.5 Å². The maximum absolute atomic E-state index is 5.35. The van der Waals surface area contributed by atoms with Gasteiger partial charge in [0.05, 0.1) is 17.3 Å². The van der Waals surface area contributed by atoms with Gasteiger partial charge in [0.1, 0.15) is 5.75 Å². The first-order chi connectivity index (χ1) is 14.3. The van der Waals surface area contributed by atoms with Crippen LogP contribution < -0.4 is 15.1 Å². The Balaban J connectivity index is 1.47. The summed E-state index contributed by atoms with van der Waals surface area (Å²) in [5.41, 5.74) is 6.22. The number of hydroxylamine groups is 1. The summed E-state index contributed by atoms with van der Waals surface area (Å²) in [5.74, 6) is 1.67. The van der Waals surface area contributed by atoms with Gasteiger partial charge in [0, 0.05) is 18.7 Å². The van der Waals surface area contributed by atoms with E-state index in [0.717, 1.165) is 58.4 Å². The summed E-state index contributed by atoms with van der Waals surface area (Å²) in [6.45, 7) is 4.56. The van der Waals surface area contributed by atoms with Gasteiger partial charge in [0.15, 0.2) is 17.7 Å². The van der Waals surface area contributed by atoms with Crippen LogP contribution in [-0.2, 0) is 11.3 Å². The number of aliphatic imine (C=N–C) groups is 1. The van der Waals surface area contributed by atoms with Gasteiger partial charge in [-0.2, -0.15) is 0 Å². The van der Waals surface area contributed by atoms with Gasteiger partial charge in [0.25, 0.3) is 0 Å². The molecule has 0 aliphatic carbocycles. The predicted octanol–water partition coefficient (Wildman–Crippen LogP) is 4.39. The smallest absolute Gasteiger partial charge is 0.186 e. The van der Waals surface area contributed by atoms with Crippen molar-refractivity contribution in [3.8, 4) is 5.75 Å². The van der Waals surface area contributed by atoms with Gasteiger partial charge in [-0.1, -0.05) is 48.9 Å². The number of unbranched alkanes of at least 4 members (excludes halogenated alkanes) is 1. The molecule has 1 N–H and O–H groups in total. The van der Waals surface area contributed by atoms with E-state index >= 15 is 0 Å². The highest BCUT2D eigenvalue weighted by Gasteiger charge is 2.13. The van der Waals surface area contributed by atoms with E-state index in [9.17, 15) is 0 Å². The van der Waals surface area contributed by atoms with Crippen molar-refractivity contribution in [1.29, 1.82) is 0 Å². The third kappa shape index (κ3) is 4.68. The van der Waals surface area contributed by atoms with Gasteiger partial charge in [-0.05, 0) is 36.6 Å². The van der Waals surface area contributed by atoms with Crippen molar-refractivity contribution in [1.82, 2.24) is 10.5 Å². The average Bonchev–Trinajstić information content (AvgIpc) is 3.43. The minimum absolute atomic E-state index is 0.373. The van der Waals surface area contributed by atoms with Crippen molar-refractivity contribution >= 4 is 32.5 Å². The minimum Gasteiger partial charge on any atom is -0.497 e. The summed E-state index contributed by atoms with van der Waals surface area (Å²) in [6.07, 6.45) is 3.30. The Hall–Kier alpha value is -2.64. The van der Waals surface area contributed by atoms with Crippen LogP contribution in [0.25, 0.3) is 10.2 Å². The lowest BCUT2D eigenvalue weighted by Gasteiger charge is -2.21. The van der Waals surface area contributed by atoms with Crippen molar-refractivity contribution in [3.63, 3.8) is 0 Å². The number of aromatic nitrogens is 1. The fourth-order valence-corrected chi connectivity index (χ4v) is 4.33. The number of ether oxygens (including phenoxy) is 1. The summed E-state index contributed by atoms with van der Waals surface area (Å²) < 4.78 is 6.52. The Morgan fingerprint density at radius 2 is 2.03 bits per heavy atom. The molecule has 0 saturated heterocycles. The molecule has 0 radical (unpaired) electrons. The highest BCUT2D eigenvalue weighted by Crippen LogP contribution is 2.31. The number of fused-ring (bicyclic) bond motifs is 1. The van der Waals surface area contributed by atoms with E-state index in [1.54, 1.807) is 18.4 Å².